The molecule has 168 valence electrons. The highest BCUT2D eigenvalue weighted by molar-refractivity contribution is 6.17. The first-order valence-corrected chi connectivity index (χ1v) is 9.35. The molecule has 0 fully saturated rings. The van der Waals surface area contributed by atoms with Gasteiger partial charge in [0.1, 0.15) is 0 Å². The van der Waals surface area contributed by atoms with Crippen molar-refractivity contribution in [3.05, 3.63) is 60.8 Å². The van der Waals surface area contributed by atoms with Crippen LogP contribution in [0.1, 0.15) is 32.6 Å². The molecule has 0 saturated heterocycles. The summed E-state index contributed by atoms with van der Waals surface area (Å²) in [5, 5.41) is 77.3. The van der Waals surface area contributed by atoms with E-state index in [1.165, 1.54) is 20.0 Å². The van der Waals surface area contributed by atoms with Crippen LogP contribution in [0.2, 0.25) is 0 Å². The molecule has 0 aromatic carbocycles. The fourth-order valence-electron chi connectivity index (χ4n) is 1.97. The van der Waals surface area contributed by atoms with Gasteiger partial charge in [0.15, 0.2) is 7.85 Å². The number of aliphatic hydroxyl groups is 7. The van der Waals surface area contributed by atoms with Gasteiger partial charge in [0, 0.05) is 6.42 Å². The molecule has 1 unspecified atom stereocenters. The maximum Gasteiger partial charge on any atom is 0.303 e. The van der Waals surface area contributed by atoms with Gasteiger partial charge in [-0.2, -0.15) is 0 Å². The SMILES string of the molecule is BC(O)(/C=C\C(O)(O)/C=C\CC)/C=C\C(O)(O)/C=C\C(O)(O)/C=C\CCCC(=O)O. The van der Waals surface area contributed by atoms with Gasteiger partial charge in [-0.3, -0.25) is 4.79 Å². The summed E-state index contributed by atoms with van der Waals surface area (Å²) in [6.07, 6.45) is 11.1. The van der Waals surface area contributed by atoms with E-state index in [0.29, 0.717) is 25.0 Å². The van der Waals surface area contributed by atoms with E-state index in [4.69, 9.17) is 5.11 Å². The van der Waals surface area contributed by atoms with E-state index in [2.05, 4.69) is 0 Å². The number of carboxylic acid groups (broad SMARTS) is 1. The van der Waals surface area contributed by atoms with Gasteiger partial charge in [0.05, 0.1) is 5.50 Å². The predicted molar refractivity (Wildman–Crippen MR) is 112 cm³/mol. The lowest BCUT2D eigenvalue weighted by molar-refractivity contribution is -0.137. The quantitative estimate of drug-likeness (QED) is 0.0777. The van der Waals surface area contributed by atoms with Gasteiger partial charge in [0.25, 0.3) is 0 Å². The van der Waals surface area contributed by atoms with Crippen LogP contribution in [0.3, 0.4) is 0 Å². The van der Waals surface area contributed by atoms with Crippen molar-refractivity contribution in [1.82, 2.24) is 0 Å². The third kappa shape index (κ3) is 14.9. The van der Waals surface area contributed by atoms with Gasteiger partial charge in [-0.05, 0) is 55.7 Å². The minimum atomic E-state index is -2.65. The predicted octanol–water partition coefficient (Wildman–Crippen LogP) is -1.20. The molecule has 0 aliphatic heterocycles. The lowest BCUT2D eigenvalue weighted by atomic mass is 9.80. The van der Waals surface area contributed by atoms with Gasteiger partial charge in [-0.1, -0.05) is 31.2 Å². The summed E-state index contributed by atoms with van der Waals surface area (Å²) in [5.41, 5.74) is -1.78. The van der Waals surface area contributed by atoms with Crippen LogP contribution in [0.4, 0.5) is 0 Å². The van der Waals surface area contributed by atoms with Crippen molar-refractivity contribution in [2.24, 2.45) is 0 Å². The summed E-state index contributed by atoms with van der Waals surface area (Å²) in [7, 11) is 1.25. The lowest BCUT2D eigenvalue weighted by Crippen LogP contribution is -2.30. The molecular weight excluding hydrogens is 395 g/mol. The molecule has 0 aromatic rings. The van der Waals surface area contributed by atoms with E-state index in [1.807, 2.05) is 0 Å². The molecule has 9 nitrogen and oxygen atoms in total. The lowest BCUT2D eigenvalue weighted by Gasteiger charge is -2.20. The monoisotopic (exact) mass is 426 g/mol. The number of carbonyl (C=O) groups is 1. The number of carboxylic acids is 1. The second-order valence-electron chi connectivity index (χ2n) is 7.07. The second kappa shape index (κ2) is 12.0. The molecule has 8 N–H and O–H groups in total. The first-order valence-electron chi connectivity index (χ1n) is 9.35. The Morgan fingerprint density at radius 3 is 1.57 bits per heavy atom. The highest BCUT2D eigenvalue weighted by Gasteiger charge is 2.23. The Morgan fingerprint density at radius 2 is 1.13 bits per heavy atom. The maximum absolute atomic E-state index is 10.4. The van der Waals surface area contributed by atoms with E-state index in [-0.39, 0.29) is 12.8 Å². The first kappa shape index (κ1) is 28.0. The Balaban J connectivity index is 5.01. The van der Waals surface area contributed by atoms with Crippen LogP contribution in [0, 0.1) is 0 Å². The number of rotatable bonds is 13. The fraction of sp³-hybridized carbons (Fsp3) is 0.450. The zero-order chi connectivity index (χ0) is 23.5. The molecule has 0 spiro atoms. The zero-order valence-electron chi connectivity index (χ0n) is 17.1. The summed E-state index contributed by atoms with van der Waals surface area (Å²) in [6.45, 7) is 1.80. The molecule has 0 aliphatic rings. The van der Waals surface area contributed by atoms with Gasteiger partial charge < -0.3 is 40.9 Å². The van der Waals surface area contributed by atoms with E-state index in [0.717, 1.165) is 36.5 Å². The Hall–Kier alpha value is -2.05. The van der Waals surface area contributed by atoms with Crippen LogP contribution in [0.25, 0.3) is 0 Å². The van der Waals surface area contributed by atoms with E-state index < -0.39 is 28.8 Å². The number of aliphatic carboxylic acids is 1. The van der Waals surface area contributed by atoms with Crippen LogP contribution in [0.5, 0.6) is 0 Å². The van der Waals surface area contributed by atoms with Crippen molar-refractivity contribution in [3.8, 4) is 0 Å². The largest absolute Gasteiger partial charge is 0.481 e. The van der Waals surface area contributed by atoms with Crippen molar-refractivity contribution < 1.29 is 45.6 Å². The average Bonchev–Trinajstić information content (AvgIpc) is 2.62. The number of allylic oxidation sites excluding steroid dienone is 2. The van der Waals surface area contributed by atoms with Gasteiger partial charge in [-0.15, -0.1) is 0 Å². The molecular formula is C20H31BO9. The maximum atomic E-state index is 10.4. The fourth-order valence-corrected chi connectivity index (χ4v) is 1.97. The summed E-state index contributed by atoms with van der Waals surface area (Å²) in [4.78, 5) is 10.4. The number of hydrogen-bond donors (Lipinski definition) is 8. The van der Waals surface area contributed by atoms with Gasteiger partial charge >= 0.3 is 5.97 Å². The molecule has 0 radical (unpaired) electrons. The summed E-state index contributed by atoms with van der Waals surface area (Å²) < 4.78 is 0. The van der Waals surface area contributed by atoms with E-state index >= 15 is 0 Å². The number of unbranched alkanes of at least 4 members (excludes halogenated alkanes) is 1. The molecule has 10 heteroatoms. The Labute approximate surface area is 176 Å². The molecule has 0 bridgehead atoms. The van der Waals surface area contributed by atoms with Crippen molar-refractivity contribution in [2.45, 2.75) is 55.5 Å². The average molecular weight is 426 g/mol. The minimum absolute atomic E-state index is 0.0673. The third-order valence-electron chi connectivity index (χ3n) is 3.63. The van der Waals surface area contributed by atoms with Gasteiger partial charge in [0.2, 0.25) is 17.4 Å². The van der Waals surface area contributed by atoms with Crippen LogP contribution in [-0.4, -0.2) is 77.5 Å². The van der Waals surface area contributed by atoms with E-state index in [9.17, 15) is 40.5 Å². The molecule has 0 saturated carbocycles. The molecule has 30 heavy (non-hydrogen) atoms. The van der Waals surface area contributed by atoms with E-state index in [1.54, 1.807) is 6.92 Å². The summed E-state index contributed by atoms with van der Waals surface area (Å²) in [6, 6.07) is 0. The van der Waals surface area contributed by atoms with Crippen molar-refractivity contribution in [1.29, 1.82) is 0 Å². The Morgan fingerprint density at radius 1 is 0.733 bits per heavy atom. The molecule has 0 heterocycles. The molecule has 0 aromatic heterocycles. The molecule has 1 atom stereocenters. The Kier molecular flexibility index (Phi) is 11.2. The molecule has 0 amide bonds. The topological polar surface area (TPSA) is 179 Å². The third-order valence-corrected chi connectivity index (χ3v) is 3.63. The van der Waals surface area contributed by atoms with Crippen LogP contribution in [0.15, 0.2) is 60.8 Å². The van der Waals surface area contributed by atoms with Gasteiger partial charge in [-0.25, -0.2) is 0 Å². The smallest absolute Gasteiger partial charge is 0.303 e. The van der Waals surface area contributed by atoms with Crippen LogP contribution < -0.4 is 0 Å². The normalized spacial score (nSPS) is 16.5. The minimum Gasteiger partial charge on any atom is -0.481 e. The first-order chi connectivity index (χ1) is 13.6. The highest BCUT2D eigenvalue weighted by atomic mass is 16.5. The van der Waals surface area contributed by atoms with Crippen LogP contribution >= 0.6 is 0 Å². The van der Waals surface area contributed by atoms with Crippen molar-refractivity contribution in [2.75, 3.05) is 0 Å². The summed E-state index contributed by atoms with van der Waals surface area (Å²) in [5.74, 6) is -8.40. The molecule has 0 rings (SSSR count). The van der Waals surface area contributed by atoms with Crippen molar-refractivity contribution in [3.63, 3.8) is 0 Å². The molecule has 0 aliphatic carbocycles. The Bertz CT molecular complexity index is 686. The highest BCUT2D eigenvalue weighted by Crippen LogP contribution is 2.15. The summed E-state index contributed by atoms with van der Waals surface area (Å²) >= 11 is 0. The van der Waals surface area contributed by atoms with Crippen LogP contribution in [-0.2, 0) is 4.79 Å². The second-order valence-corrected chi connectivity index (χ2v) is 7.07. The number of hydrogen-bond acceptors (Lipinski definition) is 8. The zero-order valence-corrected chi connectivity index (χ0v) is 17.1. The standard InChI is InChI=1S/C20H31BO9/c1-2-3-8-18(25,26)12-10-17(21,24)11-13-20(29,30)15-14-19(27,28)9-6-4-5-7-16(22)23/h3,6,8-15,24-30H,2,4-5,7,21H2,1H3,(H,22,23)/b8-3-,9-6-,12-10-,13-11-,15-14-. The van der Waals surface area contributed by atoms with Crippen molar-refractivity contribution >= 4 is 13.8 Å².